The summed E-state index contributed by atoms with van der Waals surface area (Å²) in [6.45, 7) is 3.68. The molecule has 3 N–H and O–H groups in total. The molecule has 10 nitrogen and oxygen atoms in total. The van der Waals surface area contributed by atoms with E-state index in [1.807, 2.05) is 30.3 Å². The molecular formula is C29H30FN5O5S. The van der Waals surface area contributed by atoms with E-state index < -0.39 is 20.7 Å². The number of likely N-dealkylation sites (tertiary alicyclic amines) is 1. The van der Waals surface area contributed by atoms with Gasteiger partial charge in [-0.15, -0.1) is 0 Å². The Morgan fingerprint density at radius 1 is 0.951 bits per heavy atom. The normalized spacial score (nSPS) is 13.1. The first-order chi connectivity index (χ1) is 19.9. The number of carbonyl (C=O) groups is 1. The quantitative estimate of drug-likeness (QED) is 0.222. The summed E-state index contributed by atoms with van der Waals surface area (Å²) >= 11 is 0. The van der Waals surface area contributed by atoms with Crippen molar-refractivity contribution < 1.29 is 27.4 Å². The molecule has 12 heteroatoms. The van der Waals surface area contributed by atoms with Gasteiger partial charge in [-0.05, 0) is 86.6 Å². The molecule has 0 bridgehead atoms. The minimum Gasteiger partial charge on any atom is -0.492 e. The lowest BCUT2D eigenvalue weighted by molar-refractivity contribution is -0.122. The van der Waals surface area contributed by atoms with Crippen molar-refractivity contribution in [3.63, 3.8) is 0 Å². The number of halogens is 1. The Morgan fingerprint density at radius 3 is 2.29 bits per heavy atom. The van der Waals surface area contributed by atoms with E-state index in [1.54, 1.807) is 24.3 Å². The van der Waals surface area contributed by atoms with Crippen molar-refractivity contribution in [3.05, 3.63) is 91.0 Å². The Labute approximate surface area is 237 Å². The van der Waals surface area contributed by atoms with Crippen molar-refractivity contribution in [3.8, 4) is 17.0 Å². The summed E-state index contributed by atoms with van der Waals surface area (Å²) in [6.07, 6.45) is 4.03. The van der Waals surface area contributed by atoms with Gasteiger partial charge in [-0.3, -0.25) is 14.4 Å². The first-order valence-electron chi connectivity index (χ1n) is 12.9. The highest BCUT2D eigenvalue weighted by Crippen LogP contribution is 2.25. The van der Waals surface area contributed by atoms with E-state index in [1.165, 1.54) is 37.4 Å². The van der Waals surface area contributed by atoms with E-state index in [-0.39, 0.29) is 6.47 Å². The number of ether oxygens (including phenoxy) is 1. The summed E-state index contributed by atoms with van der Waals surface area (Å²) in [4.78, 5) is 19.0. The number of hydrogen-bond acceptors (Lipinski definition) is 8. The van der Waals surface area contributed by atoms with Gasteiger partial charge >= 0.3 is 0 Å². The average molecular weight is 580 g/mol. The molecule has 0 saturated carbocycles. The second-order valence-electron chi connectivity index (χ2n) is 9.05. The molecule has 0 atom stereocenters. The van der Waals surface area contributed by atoms with Gasteiger partial charge in [0.05, 0.1) is 5.69 Å². The molecule has 41 heavy (non-hydrogen) atoms. The molecule has 0 amide bonds. The number of hydrogen-bond donors (Lipinski definition) is 3. The largest absolute Gasteiger partial charge is 0.492 e. The standard InChI is InChI=1S/C28H28FN5O3S.CH2O2/c29-25-5-1-2-6-27(25)38(35,36)33-23-11-9-22(10-12-23)32-28-19-26(30-20-31-28)21-7-13-24(14-8-21)37-18-17-34-15-3-4-16-34;2-1-3/h1-2,5-14,19-20,33H,3-4,15-18H2,(H,30,31,32);1H,(H,2,3). The highest BCUT2D eigenvalue weighted by molar-refractivity contribution is 7.92. The predicted octanol–water partition coefficient (Wildman–Crippen LogP) is 5.00. The molecule has 0 aliphatic carbocycles. The van der Waals surface area contributed by atoms with Gasteiger partial charge < -0.3 is 15.2 Å². The van der Waals surface area contributed by atoms with Crippen molar-refractivity contribution in [1.29, 1.82) is 0 Å². The van der Waals surface area contributed by atoms with Gasteiger partial charge in [-0.1, -0.05) is 12.1 Å². The summed E-state index contributed by atoms with van der Waals surface area (Å²) < 4.78 is 47.2. The van der Waals surface area contributed by atoms with E-state index in [0.717, 1.165) is 42.7 Å². The lowest BCUT2D eigenvalue weighted by Crippen LogP contribution is -2.25. The minimum atomic E-state index is -4.04. The fourth-order valence-electron chi connectivity index (χ4n) is 4.25. The zero-order valence-corrected chi connectivity index (χ0v) is 22.9. The van der Waals surface area contributed by atoms with E-state index >= 15 is 0 Å². The summed E-state index contributed by atoms with van der Waals surface area (Å²) in [7, 11) is -4.04. The fourth-order valence-corrected chi connectivity index (χ4v) is 5.39. The second kappa shape index (κ2) is 14.2. The van der Waals surface area contributed by atoms with Crippen LogP contribution in [0.4, 0.5) is 21.6 Å². The monoisotopic (exact) mass is 579 g/mol. The van der Waals surface area contributed by atoms with Crippen LogP contribution in [0.25, 0.3) is 11.3 Å². The van der Waals surface area contributed by atoms with Crippen molar-refractivity contribution in [2.45, 2.75) is 17.7 Å². The maximum Gasteiger partial charge on any atom is 0.290 e. The second-order valence-corrected chi connectivity index (χ2v) is 10.7. The van der Waals surface area contributed by atoms with Crippen molar-refractivity contribution in [2.24, 2.45) is 0 Å². The number of anilines is 3. The number of nitrogens with zero attached hydrogens (tertiary/aromatic N) is 3. The average Bonchev–Trinajstić information content (AvgIpc) is 3.49. The number of rotatable bonds is 10. The van der Waals surface area contributed by atoms with Crippen molar-refractivity contribution in [1.82, 2.24) is 14.9 Å². The first kappa shape index (κ1) is 29.4. The van der Waals surface area contributed by atoms with Crippen LogP contribution in [0, 0.1) is 5.82 Å². The number of benzene rings is 3. The Hall–Kier alpha value is -4.55. The Bertz CT molecular complexity index is 1530. The molecule has 5 rings (SSSR count). The first-order valence-corrected chi connectivity index (χ1v) is 14.4. The lowest BCUT2D eigenvalue weighted by Gasteiger charge is -2.15. The summed E-state index contributed by atoms with van der Waals surface area (Å²) in [6, 6.07) is 21.5. The van der Waals surface area contributed by atoms with Crippen LogP contribution in [0.15, 0.2) is 90.1 Å². The van der Waals surface area contributed by atoms with Gasteiger partial charge in [0.2, 0.25) is 0 Å². The molecule has 1 fully saturated rings. The van der Waals surface area contributed by atoms with E-state index in [0.29, 0.717) is 23.8 Å². The third-order valence-electron chi connectivity index (χ3n) is 6.23. The maximum absolute atomic E-state index is 13.9. The van der Waals surface area contributed by atoms with Gasteiger partial charge in [0.15, 0.2) is 0 Å². The smallest absolute Gasteiger partial charge is 0.290 e. The topological polar surface area (TPSA) is 134 Å². The highest BCUT2D eigenvalue weighted by atomic mass is 32.2. The molecule has 1 aromatic heterocycles. The molecule has 3 aromatic carbocycles. The molecular weight excluding hydrogens is 549 g/mol. The van der Waals surface area contributed by atoms with Gasteiger partial charge in [-0.25, -0.2) is 22.8 Å². The molecule has 1 saturated heterocycles. The van der Waals surface area contributed by atoms with Crippen LogP contribution in [0.1, 0.15) is 12.8 Å². The Kier molecular flexibility index (Phi) is 10.2. The summed E-state index contributed by atoms with van der Waals surface area (Å²) in [5.74, 6) is 0.601. The third-order valence-corrected chi connectivity index (χ3v) is 7.64. The molecule has 4 aromatic rings. The number of aromatic nitrogens is 2. The van der Waals surface area contributed by atoms with Crippen LogP contribution >= 0.6 is 0 Å². The van der Waals surface area contributed by atoms with Crippen LogP contribution in [-0.4, -0.2) is 61.1 Å². The molecule has 214 valence electrons. The number of carboxylic acid groups (broad SMARTS) is 1. The third kappa shape index (κ3) is 8.47. The van der Waals surface area contributed by atoms with Gasteiger partial charge in [-0.2, -0.15) is 0 Å². The number of sulfonamides is 1. The molecule has 0 unspecified atom stereocenters. The fraction of sp³-hybridized carbons (Fsp3) is 0.207. The highest BCUT2D eigenvalue weighted by Gasteiger charge is 2.18. The minimum absolute atomic E-state index is 0.250. The molecule has 0 spiro atoms. The van der Waals surface area contributed by atoms with Crippen molar-refractivity contribution >= 4 is 33.7 Å². The van der Waals surface area contributed by atoms with Crippen molar-refractivity contribution in [2.75, 3.05) is 36.3 Å². The van der Waals surface area contributed by atoms with E-state index in [4.69, 9.17) is 14.6 Å². The molecule has 0 radical (unpaired) electrons. The van der Waals surface area contributed by atoms with Crippen LogP contribution < -0.4 is 14.8 Å². The maximum atomic E-state index is 13.9. The van der Waals surface area contributed by atoms with Gasteiger partial charge in [0.25, 0.3) is 16.5 Å². The van der Waals surface area contributed by atoms with Gasteiger partial charge in [0.1, 0.15) is 35.2 Å². The Balaban J connectivity index is 0.00000124. The number of nitrogens with one attached hydrogen (secondary N) is 2. The van der Waals surface area contributed by atoms with Crippen LogP contribution in [0.2, 0.25) is 0 Å². The van der Waals surface area contributed by atoms with Crippen LogP contribution in [-0.2, 0) is 14.8 Å². The zero-order valence-electron chi connectivity index (χ0n) is 22.1. The molecule has 1 aliphatic rings. The van der Waals surface area contributed by atoms with E-state index in [2.05, 4.69) is 24.9 Å². The molecule has 1 aliphatic heterocycles. The van der Waals surface area contributed by atoms with Gasteiger partial charge in [0, 0.05) is 29.5 Å². The molecule has 2 heterocycles. The van der Waals surface area contributed by atoms with Crippen LogP contribution in [0.3, 0.4) is 0 Å². The summed E-state index contributed by atoms with van der Waals surface area (Å²) in [5, 5.41) is 10.1. The zero-order chi connectivity index (χ0) is 29.1. The SMILES string of the molecule is O=CO.O=S(=O)(Nc1ccc(Nc2cc(-c3ccc(OCCN4CCCC4)cc3)ncn2)cc1)c1ccccc1F. The van der Waals surface area contributed by atoms with Crippen LogP contribution in [0.5, 0.6) is 5.75 Å². The Morgan fingerprint density at radius 2 is 1.61 bits per heavy atom. The van der Waals surface area contributed by atoms with E-state index in [9.17, 15) is 12.8 Å². The predicted molar refractivity (Wildman–Crippen MR) is 154 cm³/mol. The lowest BCUT2D eigenvalue weighted by atomic mass is 10.1. The summed E-state index contributed by atoms with van der Waals surface area (Å²) in [5.41, 5.74) is 2.69.